The molecule has 0 fully saturated rings. The summed E-state index contributed by atoms with van der Waals surface area (Å²) in [6.07, 6.45) is 10.4. The summed E-state index contributed by atoms with van der Waals surface area (Å²) in [7, 11) is 0. The van der Waals surface area contributed by atoms with Crippen molar-refractivity contribution in [3.8, 4) is 11.1 Å². The van der Waals surface area contributed by atoms with Crippen LogP contribution in [0.4, 0.5) is 0 Å². The Hall–Kier alpha value is -3.38. The Morgan fingerprint density at radius 1 is 0.711 bits per heavy atom. The molecule has 2 aliphatic rings. The Labute approximate surface area is 230 Å². The smallest absolute Gasteiger partial charge is 0.00737 e. The first-order valence-corrected chi connectivity index (χ1v) is 14.3. The second-order valence-corrected chi connectivity index (χ2v) is 12.3. The SMILES string of the molecule is CC1=C(c2c(C)cccc2C2=CCCC=C2)C(C(C)(C)C)=C(c2c(C)cccc2-c2ccccc2)C(C)C1. The van der Waals surface area contributed by atoms with Crippen molar-refractivity contribution in [2.75, 3.05) is 0 Å². The second kappa shape index (κ2) is 10.4. The topological polar surface area (TPSA) is 0 Å². The highest BCUT2D eigenvalue weighted by Gasteiger charge is 2.36. The van der Waals surface area contributed by atoms with Gasteiger partial charge in [-0.05, 0) is 113 Å². The molecule has 0 nitrogen and oxygen atoms in total. The predicted octanol–water partition coefficient (Wildman–Crippen LogP) is 11.0. The number of hydrogen-bond acceptors (Lipinski definition) is 0. The van der Waals surface area contributed by atoms with Crippen molar-refractivity contribution in [2.24, 2.45) is 11.3 Å². The van der Waals surface area contributed by atoms with Crippen molar-refractivity contribution in [3.05, 3.63) is 124 Å². The Bertz CT molecular complexity index is 1480. The predicted molar refractivity (Wildman–Crippen MR) is 167 cm³/mol. The average molecular weight is 499 g/mol. The van der Waals surface area contributed by atoms with Gasteiger partial charge in [0.15, 0.2) is 0 Å². The van der Waals surface area contributed by atoms with E-state index in [2.05, 4.69) is 133 Å². The van der Waals surface area contributed by atoms with Gasteiger partial charge in [0.1, 0.15) is 0 Å². The molecule has 38 heavy (non-hydrogen) atoms. The van der Waals surface area contributed by atoms with E-state index in [0.717, 1.165) is 19.3 Å². The van der Waals surface area contributed by atoms with Crippen LogP contribution in [0.25, 0.3) is 27.8 Å². The zero-order chi connectivity index (χ0) is 27.0. The zero-order valence-corrected chi connectivity index (χ0v) is 24.3. The van der Waals surface area contributed by atoms with E-state index in [-0.39, 0.29) is 5.41 Å². The van der Waals surface area contributed by atoms with Crippen LogP contribution in [0.1, 0.15) is 81.7 Å². The Balaban J connectivity index is 1.87. The van der Waals surface area contributed by atoms with Crippen LogP contribution in [0.15, 0.2) is 96.1 Å². The maximum Gasteiger partial charge on any atom is -0.00737 e. The molecule has 2 aliphatic carbocycles. The first-order chi connectivity index (χ1) is 18.2. The van der Waals surface area contributed by atoms with Gasteiger partial charge in [-0.1, -0.05) is 118 Å². The van der Waals surface area contributed by atoms with Crippen molar-refractivity contribution >= 4 is 16.7 Å². The average Bonchev–Trinajstić information content (AvgIpc) is 2.89. The molecule has 0 bridgehead atoms. The molecule has 0 heteroatoms. The lowest BCUT2D eigenvalue weighted by molar-refractivity contribution is 0.511. The van der Waals surface area contributed by atoms with Gasteiger partial charge in [0.25, 0.3) is 0 Å². The molecule has 0 radical (unpaired) electrons. The molecule has 194 valence electrons. The summed E-state index contributed by atoms with van der Waals surface area (Å²) in [6.45, 7) is 16.6. The highest BCUT2D eigenvalue weighted by Crippen LogP contribution is 2.54. The van der Waals surface area contributed by atoms with Crippen molar-refractivity contribution in [1.82, 2.24) is 0 Å². The van der Waals surface area contributed by atoms with Crippen molar-refractivity contribution < 1.29 is 0 Å². The first kappa shape index (κ1) is 26.2. The molecule has 0 heterocycles. The molecule has 1 unspecified atom stereocenters. The summed E-state index contributed by atoms with van der Waals surface area (Å²) in [5.41, 5.74) is 16.9. The molecule has 0 aliphatic heterocycles. The van der Waals surface area contributed by atoms with Gasteiger partial charge in [0, 0.05) is 0 Å². The zero-order valence-electron chi connectivity index (χ0n) is 24.3. The maximum atomic E-state index is 2.44. The third-order valence-electron chi connectivity index (χ3n) is 8.26. The molecule has 3 aromatic rings. The molecule has 0 N–H and O–H groups in total. The van der Waals surface area contributed by atoms with Gasteiger partial charge >= 0.3 is 0 Å². The number of rotatable bonds is 4. The van der Waals surface area contributed by atoms with E-state index in [4.69, 9.17) is 0 Å². The summed E-state index contributed by atoms with van der Waals surface area (Å²) in [6, 6.07) is 24.6. The van der Waals surface area contributed by atoms with E-state index in [0.29, 0.717) is 5.92 Å². The van der Waals surface area contributed by atoms with Crippen molar-refractivity contribution in [2.45, 2.75) is 67.7 Å². The van der Waals surface area contributed by atoms with Crippen LogP contribution in [0.3, 0.4) is 0 Å². The molecule has 0 saturated heterocycles. The summed E-state index contributed by atoms with van der Waals surface area (Å²) < 4.78 is 0. The van der Waals surface area contributed by atoms with Crippen molar-refractivity contribution in [3.63, 3.8) is 0 Å². The first-order valence-electron chi connectivity index (χ1n) is 14.3. The lowest BCUT2D eigenvalue weighted by atomic mass is 9.65. The van der Waals surface area contributed by atoms with Crippen LogP contribution >= 0.6 is 0 Å². The summed E-state index contributed by atoms with van der Waals surface area (Å²) >= 11 is 0. The third-order valence-corrected chi connectivity index (χ3v) is 8.26. The molecule has 0 spiro atoms. The third kappa shape index (κ3) is 4.78. The number of aryl methyl sites for hydroxylation is 2. The summed E-state index contributed by atoms with van der Waals surface area (Å²) in [5.74, 6) is 0.442. The van der Waals surface area contributed by atoms with Gasteiger partial charge in [-0.15, -0.1) is 0 Å². The second-order valence-electron chi connectivity index (χ2n) is 12.3. The minimum absolute atomic E-state index is 0.0207. The van der Waals surface area contributed by atoms with Gasteiger partial charge in [0.05, 0.1) is 0 Å². The summed E-state index contributed by atoms with van der Waals surface area (Å²) in [4.78, 5) is 0. The fourth-order valence-corrected chi connectivity index (χ4v) is 6.68. The van der Waals surface area contributed by atoms with Crippen LogP contribution in [0.2, 0.25) is 0 Å². The van der Waals surface area contributed by atoms with Crippen LogP contribution < -0.4 is 0 Å². The van der Waals surface area contributed by atoms with Crippen molar-refractivity contribution in [1.29, 1.82) is 0 Å². The molecule has 3 aromatic carbocycles. The quantitative estimate of drug-likeness (QED) is 0.335. The normalized spacial score (nSPS) is 18.2. The number of hydrogen-bond donors (Lipinski definition) is 0. The largest absolute Gasteiger partial charge is 0.0836 e. The van der Waals surface area contributed by atoms with Crippen LogP contribution in [-0.4, -0.2) is 0 Å². The number of allylic oxidation sites excluding steroid dienone is 8. The van der Waals surface area contributed by atoms with Gasteiger partial charge in [-0.25, -0.2) is 0 Å². The van der Waals surface area contributed by atoms with Crippen LogP contribution in [0.5, 0.6) is 0 Å². The Morgan fingerprint density at radius 2 is 1.37 bits per heavy atom. The van der Waals surface area contributed by atoms with Crippen LogP contribution in [0, 0.1) is 25.2 Å². The molecule has 5 rings (SSSR count). The lowest BCUT2D eigenvalue weighted by Gasteiger charge is -2.39. The minimum Gasteiger partial charge on any atom is -0.0836 e. The minimum atomic E-state index is -0.0207. The van der Waals surface area contributed by atoms with Crippen LogP contribution in [-0.2, 0) is 0 Å². The maximum absolute atomic E-state index is 2.44. The molecular weight excluding hydrogens is 456 g/mol. The fraction of sp³-hybridized carbons (Fsp3) is 0.316. The van der Waals surface area contributed by atoms with E-state index in [1.165, 1.54) is 66.8 Å². The Kier molecular flexibility index (Phi) is 7.19. The van der Waals surface area contributed by atoms with E-state index in [1.807, 2.05) is 0 Å². The van der Waals surface area contributed by atoms with E-state index >= 15 is 0 Å². The van der Waals surface area contributed by atoms with Gasteiger partial charge in [0.2, 0.25) is 0 Å². The monoisotopic (exact) mass is 498 g/mol. The van der Waals surface area contributed by atoms with Gasteiger partial charge < -0.3 is 0 Å². The molecule has 0 amide bonds. The molecule has 1 atom stereocenters. The van der Waals surface area contributed by atoms with E-state index < -0.39 is 0 Å². The fourth-order valence-electron chi connectivity index (χ4n) is 6.68. The Morgan fingerprint density at radius 3 is 2.00 bits per heavy atom. The molecule has 0 aromatic heterocycles. The van der Waals surface area contributed by atoms with E-state index in [1.54, 1.807) is 0 Å². The highest BCUT2D eigenvalue weighted by atomic mass is 14.4. The number of benzene rings is 3. The molecular formula is C38H42. The summed E-state index contributed by atoms with van der Waals surface area (Å²) in [5, 5.41) is 0. The van der Waals surface area contributed by atoms with Gasteiger partial charge in [-0.2, -0.15) is 0 Å². The highest BCUT2D eigenvalue weighted by molar-refractivity contribution is 6.01. The molecule has 0 saturated carbocycles. The van der Waals surface area contributed by atoms with E-state index in [9.17, 15) is 0 Å². The lowest BCUT2D eigenvalue weighted by Crippen LogP contribution is -2.22. The standard InChI is InChI=1S/C38H42/c1-25-16-14-22-31(29-18-10-8-11-19-29)33(25)35-27(3)24-28(4)36(37(35)38(5,6)7)34-26(2)17-15-23-32(34)30-20-12-9-13-21-30/h8,10-12,14-23,27H,9,13,24H2,1-7H3. The van der Waals surface area contributed by atoms with Gasteiger partial charge in [-0.3, -0.25) is 0 Å².